The molecule has 1 N–H and O–H groups in total. The Morgan fingerprint density at radius 2 is 1.90 bits per heavy atom. The van der Waals surface area contributed by atoms with Crippen molar-refractivity contribution in [2.24, 2.45) is 0 Å². The topological polar surface area (TPSA) is 73.2 Å². The summed E-state index contributed by atoms with van der Waals surface area (Å²) in [7, 11) is 1.62. The van der Waals surface area contributed by atoms with Gasteiger partial charge in [0.25, 0.3) is 5.56 Å². The first-order valence-electron chi connectivity index (χ1n) is 9.68. The molecule has 0 fully saturated rings. The summed E-state index contributed by atoms with van der Waals surface area (Å²) in [5.74, 6) is 0.538. The van der Waals surface area contributed by atoms with Gasteiger partial charge in [-0.3, -0.25) is 14.2 Å². The number of carbonyl (C=O) groups is 1. The summed E-state index contributed by atoms with van der Waals surface area (Å²) >= 11 is 7.25. The highest BCUT2D eigenvalue weighted by Crippen LogP contribution is 2.31. The summed E-state index contributed by atoms with van der Waals surface area (Å²) in [6.07, 6.45) is 2.11. The van der Waals surface area contributed by atoms with Crippen LogP contribution in [-0.2, 0) is 17.8 Å². The Morgan fingerprint density at radius 1 is 1.16 bits per heavy atom. The number of fused-ring (bicyclic) bond motifs is 1. The van der Waals surface area contributed by atoms with Crippen molar-refractivity contribution < 1.29 is 9.53 Å². The van der Waals surface area contributed by atoms with Crippen molar-refractivity contribution in [1.82, 2.24) is 14.9 Å². The van der Waals surface area contributed by atoms with Gasteiger partial charge in [0.1, 0.15) is 17.0 Å². The Morgan fingerprint density at radius 3 is 2.61 bits per heavy atom. The predicted octanol–water partition coefficient (Wildman–Crippen LogP) is 4.15. The molecular weight excluding hydrogens is 434 g/mol. The number of rotatable bonds is 7. The first-order chi connectivity index (χ1) is 15.0. The average Bonchev–Trinajstić information content (AvgIpc) is 3.22. The third-order valence-corrected chi connectivity index (χ3v) is 6.25. The van der Waals surface area contributed by atoms with E-state index in [4.69, 9.17) is 16.3 Å². The van der Waals surface area contributed by atoms with Crippen molar-refractivity contribution in [3.8, 4) is 16.2 Å². The highest BCUT2D eigenvalue weighted by molar-refractivity contribution is 7.22. The number of nitrogens with zero attached hydrogens (tertiary/aromatic N) is 2. The zero-order valence-electron chi connectivity index (χ0n) is 16.8. The molecule has 0 spiro atoms. The molecule has 0 saturated heterocycles. The Hall–Kier alpha value is -3.16. The molecule has 1 amide bonds. The van der Waals surface area contributed by atoms with E-state index in [1.807, 2.05) is 54.6 Å². The SMILES string of the molecule is COc1ccc(-c2cc3ncn(CC(=O)NCCc4ccc(Cl)cc4)c(=O)c3s2)cc1. The molecular formula is C23H20ClN3O3S. The number of halogens is 1. The van der Waals surface area contributed by atoms with Gasteiger partial charge in [-0.05, 0) is 60.0 Å². The molecule has 4 rings (SSSR count). The van der Waals surface area contributed by atoms with Gasteiger partial charge in [0.05, 0.1) is 19.0 Å². The number of carbonyl (C=O) groups excluding carboxylic acids is 1. The molecule has 0 saturated carbocycles. The summed E-state index contributed by atoms with van der Waals surface area (Å²) in [5, 5.41) is 3.52. The standard InChI is InChI=1S/C23H20ClN3O3S/c1-30-18-8-4-16(5-9-18)20-12-19-22(31-20)23(29)27(14-26-19)13-21(28)25-11-10-15-2-6-17(24)7-3-15/h2-9,12,14H,10-11,13H2,1H3,(H,25,28). The predicted molar refractivity (Wildman–Crippen MR) is 124 cm³/mol. The van der Waals surface area contributed by atoms with Crippen molar-refractivity contribution in [2.45, 2.75) is 13.0 Å². The molecule has 0 radical (unpaired) electrons. The summed E-state index contributed by atoms with van der Waals surface area (Å²) in [6, 6.07) is 17.0. The van der Waals surface area contributed by atoms with Gasteiger partial charge in [0, 0.05) is 16.4 Å². The van der Waals surface area contributed by atoms with Gasteiger partial charge in [0.2, 0.25) is 5.91 Å². The zero-order chi connectivity index (χ0) is 21.8. The van der Waals surface area contributed by atoms with E-state index in [-0.39, 0.29) is 18.0 Å². The number of aromatic nitrogens is 2. The normalized spacial score (nSPS) is 10.9. The first-order valence-corrected chi connectivity index (χ1v) is 10.9. The van der Waals surface area contributed by atoms with Crippen LogP contribution in [0.15, 0.2) is 65.7 Å². The van der Waals surface area contributed by atoms with Crippen LogP contribution in [0.5, 0.6) is 5.75 Å². The minimum atomic E-state index is -0.232. The fourth-order valence-electron chi connectivity index (χ4n) is 3.16. The summed E-state index contributed by atoms with van der Waals surface area (Å²) in [5.41, 5.74) is 2.46. The van der Waals surface area contributed by atoms with Crippen LogP contribution in [0.1, 0.15) is 5.56 Å². The number of hydrogen-bond donors (Lipinski definition) is 1. The molecule has 0 aliphatic heterocycles. The molecule has 0 aliphatic rings. The third-order valence-electron chi connectivity index (χ3n) is 4.84. The van der Waals surface area contributed by atoms with Crippen LogP contribution in [0.3, 0.4) is 0 Å². The molecule has 31 heavy (non-hydrogen) atoms. The van der Waals surface area contributed by atoms with E-state index in [1.54, 1.807) is 7.11 Å². The lowest BCUT2D eigenvalue weighted by atomic mass is 10.1. The number of nitrogens with one attached hydrogen (secondary N) is 1. The molecule has 4 aromatic rings. The molecule has 2 aromatic heterocycles. The number of hydrogen-bond acceptors (Lipinski definition) is 5. The molecule has 6 nitrogen and oxygen atoms in total. The maximum Gasteiger partial charge on any atom is 0.271 e. The Bertz CT molecular complexity index is 1260. The average molecular weight is 454 g/mol. The fraction of sp³-hybridized carbons (Fsp3) is 0.174. The highest BCUT2D eigenvalue weighted by atomic mass is 35.5. The monoisotopic (exact) mass is 453 g/mol. The second kappa shape index (κ2) is 9.32. The van der Waals surface area contributed by atoms with Gasteiger partial charge in [-0.15, -0.1) is 11.3 Å². The first kappa shape index (κ1) is 21.1. The minimum Gasteiger partial charge on any atom is -0.497 e. The van der Waals surface area contributed by atoms with Gasteiger partial charge in [0.15, 0.2) is 0 Å². The molecule has 0 unspecified atom stereocenters. The number of amides is 1. The van der Waals surface area contributed by atoms with Crippen LogP contribution in [0.2, 0.25) is 5.02 Å². The summed E-state index contributed by atoms with van der Waals surface area (Å²) in [6.45, 7) is 0.406. The van der Waals surface area contributed by atoms with E-state index in [0.29, 0.717) is 28.2 Å². The second-order valence-corrected chi connectivity index (χ2v) is 8.45. The Labute approximate surface area is 188 Å². The number of methoxy groups -OCH3 is 1. The number of benzene rings is 2. The van der Waals surface area contributed by atoms with Crippen LogP contribution in [-0.4, -0.2) is 29.1 Å². The van der Waals surface area contributed by atoms with Gasteiger partial charge >= 0.3 is 0 Å². The number of thiophene rings is 1. The maximum atomic E-state index is 12.9. The van der Waals surface area contributed by atoms with E-state index in [1.165, 1.54) is 22.2 Å². The van der Waals surface area contributed by atoms with Crippen molar-refractivity contribution in [3.05, 3.63) is 81.9 Å². The van der Waals surface area contributed by atoms with Gasteiger partial charge < -0.3 is 10.1 Å². The molecule has 0 aliphatic carbocycles. The van der Waals surface area contributed by atoms with Crippen molar-refractivity contribution in [2.75, 3.05) is 13.7 Å². The molecule has 8 heteroatoms. The Kier molecular flexibility index (Phi) is 6.34. The van der Waals surface area contributed by atoms with Gasteiger partial charge in [-0.1, -0.05) is 23.7 Å². The molecule has 0 bridgehead atoms. The van der Waals surface area contributed by atoms with Crippen LogP contribution < -0.4 is 15.6 Å². The highest BCUT2D eigenvalue weighted by Gasteiger charge is 2.12. The molecule has 2 aromatic carbocycles. The molecule has 158 valence electrons. The van der Waals surface area contributed by atoms with Crippen LogP contribution >= 0.6 is 22.9 Å². The third kappa shape index (κ3) is 4.95. The Balaban J connectivity index is 1.44. The lowest BCUT2D eigenvalue weighted by molar-refractivity contribution is -0.121. The van der Waals surface area contributed by atoms with Gasteiger partial charge in [-0.25, -0.2) is 4.98 Å². The van der Waals surface area contributed by atoms with Crippen molar-refractivity contribution in [1.29, 1.82) is 0 Å². The van der Waals surface area contributed by atoms with Crippen LogP contribution in [0, 0.1) is 0 Å². The lowest BCUT2D eigenvalue weighted by Crippen LogP contribution is -2.33. The zero-order valence-corrected chi connectivity index (χ0v) is 18.4. The van der Waals surface area contributed by atoms with E-state index in [9.17, 15) is 9.59 Å². The quantitative estimate of drug-likeness (QED) is 0.456. The van der Waals surface area contributed by atoms with Crippen molar-refractivity contribution in [3.63, 3.8) is 0 Å². The number of ether oxygens (including phenoxy) is 1. The maximum absolute atomic E-state index is 12.9. The van der Waals surface area contributed by atoms with Crippen molar-refractivity contribution >= 4 is 39.1 Å². The summed E-state index contributed by atoms with van der Waals surface area (Å²) in [4.78, 5) is 30.5. The van der Waals surface area contributed by atoms with Crippen LogP contribution in [0.25, 0.3) is 20.7 Å². The van der Waals surface area contributed by atoms with E-state index >= 15 is 0 Å². The van der Waals surface area contributed by atoms with Crippen LogP contribution in [0.4, 0.5) is 0 Å². The van der Waals surface area contributed by atoms with Gasteiger partial charge in [-0.2, -0.15) is 0 Å². The lowest BCUT2D eigenvalue weighted by Gasteiger charge is -2.07. The largest absolute Gasteiger partial charge is 0.497 e. The minimum absolute atomic E-state index is 0.0713. The van der Waals surface area contributed by atoms with E-state index < -0.39 is 0 Å². The smallest absolute Gasteiger partial charge is 0.271 e. The van der Waals surface area contributed by atoms with E-state index in [2.05, 4.69) is 10.3 Å². The molecule has 0 atom stereocenters. The fourth-order valence-corrected chi connectivity index (χ4v) is 4.35. The van der Waals surface area contributed by atoms with E-state index in [0.717, 1.165) is 21.8 Å². The second-order valence-electron chi connectivity index (χ2n) is 6.96. The molecule has 2 heterocycles. The summed E-state index contributed by atoms with van der Waals surface area (Å²) < 4.78 is 7.06.